The largest absolute Gasteiger partial charge is 0.508 e. The third kappa shape index (κ3) is 4.46. The number of aromatic nitrogens is 4. The van der Waals surface area contributed by atoms with E-state index in [9.17, 15) is 9.90 Å². The predicted molar refractivity (Wildman–Crippen MR) is 122 cm³/mol. The molecule has 11 heteroatoms. The molecule has 166 valence electrons. The van der Waals surface area contributed by atoms with Crippen molar-refractivity contribution in [2.45, 2.75) is 6.54 Å². The fourth-order valence-corrected chi connectivity index (χ4v) is 3.16. The van der Waals surface area contributed by atoms with Crippen LogP contribution in [-0.2, 0) is 13.6 Å². The van der Waals surface area contributed by atoms with Crippen molar-refractivity contribution >= 4 is 40.3 Å². The molecule has 0 radical (unpaired) electrons. The van der Waals surface area contributed by atoms with E-state index in [1.165, 1.54) is 4.57 Å². The minimum Gasteiger partial charge on any atom is -0.508 e. The summed E-state index contributed by atoms with van der Waals surface area (Å²) in [6.45, 7) is 0.385. The van der Waals surface area contributed by atoms with Crippen molar-refractivity contribution < 1.29 is 13.9 Å². The summed E-state index contributed by atoms with van der Waals surface area (Å²) in [6, 6.07) is 15.4. The van der Waals surface area contributed by atoms with E-state index in [1.807, 2.05) is 6.07 Å². The molecular weight excluding hydrogens is 426 g/mol. The van der Waals surface area contributed by atoms with Crippen LogP contribution < -0.4 is 21.7 Å². The molecule has 3 aromatic heterocycles. The normalized spacial score (nSPS) is 10.9. The average Bonchev–Trinajstić information content (AvgIpc) is 3.42. The lowest BCUT2D eigenvalue weighted by Gasteiger charge is -2.11. The van der Waals surface area contributed by atoms with Crippen LogP contribution in [0.25, 0.3) is 11.1 Å². The van der Waals surface area contributed by atoms with Gasteiger partial charge < -0.3 is 29.9 Å². The van der Waals surface area contributed by atoms with Gasteiger partial charge in [0.25, 0.3) is 0 Å². The average molecular weight is 445 g/mol. The number of nitrogens with zero attached hydrogens (tertiary/aromatic N) is 4. The molecule has 4 N–H and O–H groups in total. The van der Waals surface area contributed by atoms with E-state index in [0.29, 0.717) is 35.0 Å². The Kier molecular flexibility index (Phi) is 5.11. The molecular formula is C22H19N7O4. The summed E-state index contributed by atoms with van der Waals surface area (Å²) < 4.78 is 12.0. The molecule has 0 amide bonds. The van der Waals surface area contributed by atoms with Crippen molar-refractivity contribution in [3.63, 3.8) is 0 Å². The van der Waals surface area contributed by atoms with Crippen molar-refractivity contribution in [2.24, 2.45) is 7.05 Å². The smallest absolute Gasteiger partial charge is 0.419 e. The van der Waals surface area contributed by atoms with Crippen molar-refractivity contribution in [3.8, 4) is 5.75 Å². The number of oxazole rings is 1. The Morgan fingerprint density at radius 2 is 1.64 bits per heavy atom. The van der Waals surface area contributed by atoms with Gasteiger partial charge in [-0.15, -0.1) is 0 Å². The van der Waals surface area contributed by atoms with Gasteiger partial charge in [-0.3, -0.25) is 4.57 Å². The fraction of sp³-hybridized carbons (Fsp3) is 0.0909. The van der Waals surface area contributed by atoms with E-state index in [0.717, 1.165) is 5.76 Å². The fourth-order valence-electron chi connectivity index (χ4n) is 3.16. The van der Waals surface area contributed by atoms with Crippen LogP contribution in [0.3, 0.4) is 0 Å². The van der Waals surface area contributed by atoms with Gasteiger partial charge in [-0.1, -0.05) is 0 Å². The second kappa shape index (κ2) is 8.38. The monoisotopic (exact) mass is 445 g/mol. The topological polar surface area (TPSA) is 143 Å². The number of phenols is 1. The highest BCUT2D eigenvalue weighted by molar-refractivity contribution is 5.78. The maximum atomic E-state index is 11.8. The van der Waals surface area contributed by atoms with Gasteiger partial charge in [0.05, 0.1) is 18.3 Å². The second-order valence-corrected chi connectivity index (χ2v) is 7.15. The third-order valence-electron chi connectivity index (χ3n) is 4.81. The molecule has 0 bridgehead atoms. The van der Waals surface area contributed by atoms with Gasteiger partial charge in [-0.05, 0) is 48.5 Å². The van der Waals surface area contributed by atoms with Crippen molar-refractivity contribution in [3.05, 3.63) is 77.2 Å². The van der Waals surface area contributed by atoms with E-state index in [2.05, 4.69) is 30.9 Å². The molecule has 0 fully saturated rings. The van der Waals surface area contributed by atoms with Gasteiger partial charge in [0.1, 0.15) is 11.5 Å². The van der Waals surface area contributed by atoms with Crippen LogP contribution in [0.2, 0.25) is 0 Å². The molecule has 0 aliphatic heterocycles. The lowest BCUT2D eigenvalue weighted by atomic mass is 10.3. The highest BCUT2D eigenvalue weighted by Gasteiger charge is 2.11. The molecule has 33 heavy (non-hydrogen) atoms. The van der Waals surface area contributed by atoms with Gasteiger partial charge >= 0.3 is 5.76 Å². The number of fused-ring (bicyclic) bond motifs is 1. The SMILES string of the molecule is Cn1c(=O)oc2cc(Nc3nc(NCc4ccco4)nc(Nc4ccc(O)cc4)n3)ccc21. The van der Waals surface area contributed by atoms with Gasteiger partial charge in [0.15, 0.2) is 5.58 Å². The number of hydrogen-bond donors (Lipinski definition) is 4. The van der Waals surface area contributed by atoms with E-state index < -0.39 is 5.76 Å². The van der Waals surface area contributed by atoms with E-state index in [1.54, 1.807) is 61.8 Å². The molecule has 5 rings (SSSR count). The lowest BCUT2D eigenvalue weighted by molar-refractivity contribution is 0.475. The molecule has 0 aliphatic carbocycles. The first-order valence-electron chi connectivity index (χ1n) is 9.98. The Morgan fingerprint density at radius 3 is 2.36 bits per heavy atom. The molecule has 0 saturated carbocycles. The number of benzene rings is 2. The van der Waals surface area contributed by atoms with Crippen LogP contribution in [0.4, 0.5) is 29.2 Å². The van der Waals surface area contributed by atoms with Gasteiger partial charge in [0, 0.05) is 24.5 Å². The molecule has 0 atom stereocenters. The van der Waals surface area contributed by atoms with Crippen LogP contribution in [-0.4, -0.2) is 24.6 Å². The van der Waals surface area contributed by atoms with Crippen molar-refractivity contribution in [1.29, 1.82) is 0 Å². The Balaban J connectivity index is 1.44. The molecule has 0 spiro atoms. The highest BCUT2D eigenvalue weighted by Crippen LogP contribution is 2.23. The summed E-state index contributed by atoms with van der Waals surface area (Å²) in [4.78, 5) is 25.0. The summed E-state index contributed by atoms with van der Waals surface area (Å²) in [5.74, 6) is 1.31. The molecule has 0 aliphatic rings. The maximum Gasteiger partial charge on any atom is 0.419 e. The van der Waals surface area contributed by atoms with Crippen LogP contribution in [0.5, 0.6) is 5.75 Å². The van der Waals surface area contributed by atoms with E-state index in [-0.39, 0.29) is 17.6 Å². The van der Waals surface area contributed by atoms with Gasteiger partial charge in [-0.2, -0.15) is 15.0 Å². The quantitative estimate of drug-likeness (QED) is 0.274. The van der Waals surface area contributed by atoms with Crippen LogP contribution >= 0.6 is 0 Å². The standard InChI is InChI=1S/C22H19N7O4/c1-29-17-9-6-14(11-18(17)33-22(29)31)25-21-27-19(23-12-16-3-2-10-32-16)26-20(28-21)24-13-4-7-15(30)8-5-13/h2-11,30H,12H2,1H3,(H3,23,24,25,26,27,28). The number of hydrogen-bond acceptors (Lipinski definition) is 10. The summed E-state index contributed by atoms with van der Waals surface area (Å²) in [6.07, 6.45) is 1.59. The summed E-state index contributed by atoms with van der Waals surface area (Å²) in [5.41, 5.74) is 2.45. The molecule has 0 unspecified atom stereocenters. The van der Waals surface area contributed by atoms with Crippen molar-refractivity contribution in [2.75, 3.05) is 16.0 Å². The minimum atomic E-state index is -0.438. The number of anilines is 5. The number of aryl methyl sites for hydroxylation is 1. The number of phenolic OH excluding ortho intramolecular Hbond substituents is 1. The number of nitrogens with one attached hydrogen (secondary N) is 3. The van der Waals surface area contributed by atoms with Crippen LogP contribution in [0, 0.1) is 0 Å². The molecule has 0 saturated heterocycles. The molecule has 2 aromatic carbocycles. The predicted octanol–water partition coefficient (Wildman–Crippen LogP) is 3.71. The summed E-state index contributed by atoms with van der Waals surface area (Å²) in [7, 11) is 1.64. The first-order valence-corrected chi connectivity index (χ1v) is 9.98. The number of aromatic hydroxyl groups is 1. The second-order valence-electron chi connectivity index (χ2n) is 7.15. The zero-order chi connectivity index (χ0) is 22.8. The molecule has 5 aromatic rings. The zero-order valence-electron chi connectivity index (χ0n) is 17.4. The highest BCUT2D eigenvalue weighted by atomic mass is 16.4. The van der Waals surface area contributed by atoms with Crippen LogP contribution in [0.15, 0.2) is 74.5 Å². The Bertz CT molecular complexity index is 1460. The van der Waals surface area contributed by atoms with E-state index in [4.69, 9.17) is 8.83 Å². The third-order valence-corrected chi connectivity index (χ3v) is 4.81. The number of rotatable bonds is 7. The lowest BCUT2D eigenvalue weighted by Crippen LogP contribution is -2.09. The number of furan rings is 1. The molecule has 11 nitrogen and oxygen atoms in total. The maximum absolute atomic E-state index is 11.8. The summed E-state index contributed by atoms with van der Waals surface area (Å²) in [5, 5.41) is 18.8. The Labute approximate surface area is 186 Å². The van der Waals surface area contributed by atoms with Gasteiger partial charge in [0.2, 0.25) is 17.8 Å². The van der Waals surface area contributed by atoms with Gasteiger partial charge in [-0.25, -0.2) is 4.79 Å². The Hall–Kier alpha value is -4.80. The Morgan fingerprint density at radius 1 is 0.939 bits per heavy atom. The first-order chi connectivity index (χ1) is 16.0. The van der Waals surface area contributed by atoms with E-state index >= 15 is 0 Å². The van der Waals surface area contributed by atoms with Crippen LogP contribution in [0.1, 0.15) is 5.76 Å². The van der Waals surface area contributed by atoms with Crippen molar-refractivity contribution in [1.82, 2.24) is 19.5 Å². The minimum absolute atomic E-state index is 0.155. The molecule has 3 heterocycles. The first kappa shape index (κ1) is 20.1. The summed E-state index contributed by atoms with van der Waals surface area (Å²) >= 11 is 0. The zero-order valence-corrected chi connectivity index (χ0v) is 17.4.